The quantitative estimate of drug-likeness (QED) is 0.603. The minimum Gasteiger partial charge on any atom is -0.387 e. The molecule has 3 aromatic carbocycles. The summed E-state index contributed by atoms with van der Waals surface area (Å²) >= 11 is 6.01. The number of fused-ring (bicyclic) bond motifs is 1. The molecule has 0 aromatic heterocycles. The van der Waals surface area contributed by atoms with Crippen LogP contribution >= 0.6 is 11.6 Å². The Labute approximate surface area is 162 Å². The van der Waals surface area contributed by atoms with E-state index in [0.29, 0.717) is 21.8 Å². The van der Waals surface area contributed by atoms with Crippen molar-refractivity contribution in [3.63, 3.8) is 0 Å². The van der Waals surface area contributed by atoms with E-state index in [0.717, 1.165) is 10.8 Å². The van der Waals surface area contributed by atoms with Crippen molar-refractivity contribution in [1.82, 2.24) is 5.32 Å². The summed E-state index contributed by atoms with van der Waals surface area (Å²) in [6.07, 6.45) is -0.930. The van der Waals surface area contributed by atoms with E-state index in [1.54, 1.807) is 31.2 Å². The third kappa shape index (κ3) is 4.27. The molecule has 5 nitrogen and oxygen atoms in total. The molecule has 0 spiro atoms. The molecule has 0 bridgehead atoms. The molecule has 3 N–H and O–H groups in total. The topological polar surface area (TPSA) is 78.4 Å². The van der Waals surface area contributed by atoms with Crippen molar-refractivity contribution < 1.29 is 14.7 Å². The fourth-order valence-corrected chi connectivity index (χ4v) is 3.02. The van der Waals surface area contributed by atoms with Gasteiger partial charge in [-0.3, -0.25) is 9.59 Å². The molecule has 0 fully saturated rings. The van der Waals surface area contributed by atoms with Crippen molar-refractivity contribution in [2.24, 2.45) is 0 Å². The average Bonchev–Trinajstić information content (AvgIpc) is 2.68. The molecule has 0 saturated carbocycles. The van der Waals surface area contributed by atoms with E-state index in [-0.39, 0.29) is 6.54 Å². The molecule has 1 unspecified atom stereocenters. The van der Waals surface area contributed by atoms with Gasteiger partial charge in [0.25, 0.3) is 0 Å². The molecule has 1 atom stereocenters. The third-order valence-corrected chi connectivity index (χ3v) is 4.77. The highest BCUT2D eigenvalue weighted by molar-refractivity contribution is 6.40. The summed E-state index contributed by atoms with van der Waals surface area (Å²) in [5.74, 6) is -1.64. The molecule has 0 aliphatic heterocycles. The van der Waals surface area contributed by atoms with Gasteiger partial charge >= 0.3 is 11.8 Å². The number of aliphatic hydroxyl groups excluding tert-OH is 1. The second-order valence-corrected chi connectivity index (χ2v) is 6.57. The zero-order valence-corrected chi connectivity index (χ0v) is 15.5. The number of hydrogen-bond donors (Lipinski definition) is 3. The van der Waals surface area contributed by atoms with Crippen molar-refractivity contribution in [3.8, 4) is 0 Å². The maximum Gasteiger partial charge on any atom is 0.313 e. The van der Waals surface area contributed by atoms with E-state index in [1.165, 1.54) is 0 Å². The van der Waals surface area contributed by atoms with Crippen molar-refractivity contribution >= 4 is 39.9 Å². The summed E-state index contributed by atoms with van der Waals surface area (Å²) in [5, 5.41) is 17.8. The van der Waals surface area contributed by atoms with Crippen LogP contribution in [0.1, 0.15) is 17.2 Å². The van der Waals surface area contributed by atoms with Crippen LogP contribution in [0, 0.1) is 6.92 Å². The van der Waals surface area contributed by atoms with Crippen LogP contribution in [0.15, 0.2) is 60.7 Å². The Morgan fingerprint density at radius 2 is 1.70 bits per heavy atom. The number of aliphatic hydroxyl groups is 1. The van der Waals surface area contributed by atoms with Crippen LogP contribution in [0.25, 0.3) is 10.8 Å². The fourth-order valence-electron chi connectivity index (χ4n) is 2.84. The van der Waals surface area contributed by atoms with E-state index in [4.69, 9.17) is 11.6 Å². The molecule has 6 heteroatoms. The van der Waals surface area contributed by atoms with Crippen LogP contribution < -0.4 is 10.6 Å². The molecule has 0 aliphatic carbocycles. The van der Waals surface area contributed by atoms with Gasteiger partial charge in [-0.1, -0.05) is 60.1 Å². The lowest BCUT2D eigenvalue weighted by molar-refractivity contribution is -0.136. The molecule has 0 aliphatic rings. The van der Waals surface area contributed by atoms with Gasteiger partial charge < -0.3 is 15.7 Å². The van der Waals surface area contributed by atoms with Crippen LogP contribution in [0.2, 0.25) is 5.02 Å². The molecule has 27 heavy (non-hydrogen) atoms. The van der Waals surface area contributed by atoms with Crippen LogP contribution in [0.5, 0.6) is 0 Å². The van der Waals surface area contributed by atoms with Gasteiger partial charge in [-0.25, -0.2) is 0 Å². The number of halogens is 1. The Morgan fingerprint density at radius 1 is 1.00 bits per heavy atom. The Bertz CT molecular complexity index is 998. The van der Waals surface area contributed by atoms with Gasteiger partial charge in [0, 0.05) is 17.3 Å². The van der Waals surface area contributed by atoms with Gasteiger partial charge in [0.15, 0.2) is 0 Å². The Balaban J connectivity index is 1.64. The van der Waals surface area contributed by atoms with E-state index in [2.05, 4.69) is 10.6 Å². The molecule has 2 amide bonds. The molecule has 138 valence electrons. The van der Waals surface area contributed by atoms with Crippen LogP contribution in [0.3, 0.4) is 0 Å². The zero-order chi connectivity index (χ0) is 19.4. The van der Waals surface area contributed by atoms with Gasteiger partial charge in [-0.05, 0) is 41.0 Å². The van der Waals surface area contributed by atoms with Gasteiger partial charge in [0.05, 0.1) is 6.10 Å². The Kier molecular flexibility index (Phi) is 5.74. The Hall–Kier alpha value is -2.89. The second-order valence-electron chi connectivity index (χ2n) is 6.16. The number of carbonyl (C=O) groups excluding carboxylic acids is 2. The predicted octanol–water partition coefficient (Wildman–Crippen LogP) is 3.59. The van der Waals surface area contributed by atoms with E-state index >= 15 is 0 Å². The van der Waals surface area contributed by atoms with Crippen molar-refractivity contribution in [3.05, 3.63) is 76.8 Å². The summed E-state index contributed by atoms with van der Waals surface area (Å²) in [4.78, 5) is 24.2. The van der Waals surface area contributed by atoms with Crippen molar-refractivity contribution in [1.29, 1.82) is 0 Å². The van der Waals surface area contributed by atoms with Gasteiger partial charge in [-0.15, -0.1) is 0 Å². The Morgan fingerprint density at radius 3 is 2.52 bits per heavy atom. The van der Waals surface area contributed by atoms with Crippen LogP contribution in [0.4, 0.5) is 5.69 Å². The first-order valence-corrected chi connectivity index (χ1v) is 8.85. The molecule has 3 rings (SSSR count). The zero-order valence-electron chi connectivity index (χ0n) is 14.7. The number of carbonyl (C=O) groups is 2. The maximum atomic E-state index is 12.1. The highest BCUT2D eigenvalue weighted by Crippen LogP contribution is 2.24. The minimum absolute atomic E-state index is 0.0746. The SMILES string of the molecule is Cc1c(Cl)cccc1NC(=O)C(=O)NCC(O)c1cccc2ccccc12. The normalized spacial score (nSPS) is 11.8. The fraction of sp³-hybridized carbons (Fsp3) is 0.143. The largest absolute Gasteiger partial charge is 0.387 e. The molecule has 0 heterocycles. The van der Waals surface area contributed by atoms with Crippen LogP contribution in [-0.4, -0.2) is 23.5 Å². The lowest BCUT2D eigenvalue weighted by Crippen LogP contribution is -2.37. The molecule has 0 saturated heterocycles. The molecular weight excluding hydrogens is 364 g/mol. The minimum atomic E-state index is -0.930. The second kappa shape index (κ2) is 8.20. The first-order valence-electron chi connectivity index (χ1n) is 8.47. The third-order valence-electron chi connectivity index (χ3n) is 4.36. The van der Waals surface area contributed by atoms with Crippen molar-refractivity contribution in [2.75, 3.05) is 11.9 Å². The number of rotatable bonds is 4. The highest BCUT2D eigenvalue weighted by Gasteiger charge is 2.18. The summed E-state index contributed by atoms with van der Waals surface area (Å²) in [6, 6.07) is 18.3. The number of hydrogen-bond acceptors (Lipinski definition) is 3. The standard InChI is InChI=1S/C21H19ClN2O3/c1-13-17(22)10-5-11-18(13)24-21(27)20(26)23-12-19(25)16-9-4-7-14-6-2-3-8-15(14)16/h2-11,19,25H,12H2,1H3,(H,23,26)(H,24,27). The summed E-state index contributed by atoms with van der Waals surface area (Å²) < 4.78 is 0. The lowest BCUT2D eigenvalue weighted by atomic mass is 10.0. The van der Waals surface area contributed by atoms with Crippen molar-refractivity contribution in [2.45, 2.75) is 13.0 Å². The summed E-state index contributed by atoms with van der Waals surface area (Å²) in [7, 11) is 0. The van der Waals surface area contributed by atoms with E-state index in [1.807, 2.05) is 36.4 Å². The average molecular weight is 383 g/mol. The number of nitrogens with one attached hydrogen (secondary N) is 2. The molecular formula is C21H19ClN2O3. The predicted molar refractivity (Wildman–Crippen MR) is 107 cm³/mol. The van der Waals surface area contributed by atoms with E-state index < -0.39 is 17.9 Å². The lowest BCUT2D eigenvalue weighted by Gasteiger charge is -2.15. The summed E-state index contributed by atoms with van der Waals surface area (Å²) in [6.45, 7) is 1.68. The smallest absolute Gasteiger partial charge is 0.313 e. The van der Waals surface area contributed by atoms with Crippen LogP contribution in [-0.2, 0) is 9.59 Å². The first kappa shape index (κ1) is 18.9. The first-order chi connectivity index (χ1) is 13.0. The van der Waals surface area contributed by atoms with Gasteiger partial charge in [-0.2, -0.15) is 0 Å². The number of benzene rings is 3. The van der Waals surface area contributed by atoms with E-state index in [9.17, 15) is 14.7 Å². The number of amides is 2. The number of anilines is 1. The maximum absolute atomic E-state index is 12.1. The van der Waals surface area contributed by atoms with Gasteiger partial charge in [0.2, 0.25) is 0 Å². The van der Waals surface area contributed by atoms with Gasteiger partial charge in [0.1, 0.15) is 0 Å². The molecule has 3 aromatic rings. The highest BCUT2D eigenvalue weighted by atomic mass is 35.5. The molecule has 0 radical (unpaired) electrons. The summed E-state index contributed by atoms with van der Waals surface area (Å²) in [5.41, 5.74) is 1.84. The monoisotopic (exact) mass is 382 g/mol.